The van der Waals surface area contributed by atoms with Crippen LogP contribution in [0.1, 0.15) is 34.1 Å². The number of nitrogens with one attached hydrogen (secondary N) is 1. The lowest BCUT2D eigenvalue weighted by atomic mass is 10.2. The lowest BCUT2D eigenvalue weighted by molar-refractivity contribution is 0.0195. The van der Waals surface area contributed by atoms with E-state index in [0.29, 0.717) is 18.3 Å². The van der Waals surface area contributed by atoms with E-state index >= 15 is 0 Å². The second-order valence-corrected chi connectivity index (χ2v) is 9.76. The zero-order valence-corrected chi connectivity index (χ0v) is 16.5. The maximum atomic E-state index is 12.2. The highest BCUT2D eigenvalue weighted by molar-refractivity contribution is 7.86. The molecule has 0 radical (unpaired) electrons. The van der Waals surface area contributed by atoms with Gasteiger partial charge in [-0.15, -0.1) is 0 Å². The van der Waals surface area contributed by atoms with Crippen molar-refractivity contribution in [3.63, 3.8) is 0 Å². The molecule has 0 aromatic carbocycles. The highest BCUT2D eigenvalue weighted by atomic mass is 32.2. The Balaban J connectivity index is 1.88. The number of likely N-dealkylation sites (tertiary alicyclic amines) is 1. The van der Waals surface area contributed by atoms with Gasteiger partial charge in [0.1, 0.15) is 0 Å². The Kier molecular flexibility index (Phi) is 7.50. The zero-order valence-electron chi connectivity index (χ0n) is 15.7. The fraction of sp³-hybridized carbons (Fsp3) is 0.941. The van der Waals surface area contributed by atoms with Gasteiger partial charge in [-0.05, 0) is 34.1 Å². The molecule has 0 spiro atoms. The molecule has 2 saturated heterocycles. The third-order valence-corrected chi connectivity index (χ3v) is 6.50. The van der Waals surface area contributed by atoms with Gasteiger partial charge in [0.2, 0.25) is 0 Å². The molecule has 6 nitrogen and oxygen atoms in total. The van der Waals surface area contributed by atoms with Gasteiger partial charge in [-0.25, -0.2) is 0 Å². The van der Waals surface area contributed by atoms with E-state index in [1.165, 1.54) is 6.42 Å². The first-order chi connectivity index (χ1) is 11.4. The van der Waals surface area contributed by atoms with Crippen molar-refractivity contribution in [1.82, 2.24) is 15.1 Å². The fourth-order valence-corrected chi connectivity index (χ4v) is 4.01. The number of rotatable bonds is 5. The Morgan fingerprint density at radius 2 is 2.00 bits per heavy atom. The third-order valence-electron chi connectivity index (χ3n) is 4.58. The lowest BCUT2D eigenvalue weighted by Crippen LogP contribution is -2.46. The summed E-state index contributed by atoms with van der Waals surface area (Å²) in [5.41, 5.74) is 0. The monoisotopic (exact) mass is 358 g/mol. The molecule has 0 aromatic rings. The number of hydrogen-bond donors (Lipinski definition) is 1. The summed E-state index contributed by atoms with van der Waals surface area (Å²) in [6.45, 7) is 15.5. The van der Waals surface area contributed by atoms with Crippen molar-refractivity contribution in [1.29, 1.82) is 0 Å². The topological polar surface area (TPSA) is 57.2 Å². The lowest BCUT2D eigenvalue weighted by Gasteiger charge is -2.32. The van der Waals surface area contributed by atoms with E-state index in [9.17, 15) is 4.21 Å². The minimum atomic E-state index is -0.846. The van der Waals surface area contributed by atoms with Gasteiger partial charge < -0.3 is 15.0 Å². The Hall–Kier alpha value is -0.660. The molecular weight excluding hydrogens is 324 g/mol. The summed E-state index contributed by atoms with van der Waals surface area (Å²) in [5, 5.41) is 3.39. The number of morpholine rings is 1. The molecule has 2 heterocycles. The molecule has 0 aliphatic carbocycles. The average Bonchev–Trinajstić information content (AvgIpc) is 3.03. The van der Waals surface area contributed by atoms with E-state index in [-0.39, 0.29) is 4.75 Å². The molecule has 2 atom stereocenters. The van der Waals surface area contributed by atoms with Crippen LogP contribution in [-0.2, 0) is 15.5 Å². The van der Waals surface area contributed by atoms with Crippen LogP contribution in [0.5, 0.6) is 0 Å². The Morgan fingerprint density at radius 1 is 1.29 bits per heavy atom. The van der Waals surface area contributed by atoms with Crippen molar-refractivity contribution in [2.24, 2.45) is 4.99 Å². The summed E-state index contributed by atoms with van der Waals surface area (Å²) in [7, 11) is -0.846. The van der Waals surface area contributed by atoms with E-state index in [1.807, 2.05) is 20.8 Å². The Bertz CT molecular complexity index is 444. The third kappa shape index (κ3) is 5.70. The second-order valence-electron chi connectivity index (χ2n) is 7.43. The summed E-state index contributed by atoms with van der Waals surface area (Å²) >= 11 is 0. The molecule has 0 aromatic heterocycles. The molecular formula is C17H34N4O2S. The van der Waals surface area contributed by atoms with Crippen molar-refractivity contribution in [3.8, 4) is 0 Å². The summed E-state index contributed by atoms with van der Waals surface area (Å²) in [6, 6.07) is 0.599. The largest absolute Gasteiger partial charge is 0.379 e. The molecule has 0 saturated carbocycles. The van der Waals surface area contributed by atoms with Crippen molar-refractivity contribution in [3.05, 3.63) is 0 Å². The van der Waals surface area contributed by atoms with E-state index in [2.05, 4.69) is 22.0 Å². The maximum Gasteiger partial charge on any atom is 0.193 e. The minimum absolute atomic E-state index is 0.164. The van der Waals surface area contributed by atoms with Crippen LogP contribution >= 0.6 is 0 Å². The van der Waals surface area contributed by atoms with Gasteiger partial charge in [-0.3, -0.25) is 14.1 Å². The first-order valence-electron chi connectivity index (χ1n) is 9.15. The molecule has 24 heavy (non-hydrogen) atoms. The van der Waals surface area contributed by atoms with Crippen LogP contribution in [0, 0.1) is 0 Å². The molecule has 2 aliphatic rings. The number of guanidine groups is 1. The van der Waals surface area contributed by atoms with Gasteiger partial charge in [-0.1, -0.05) is 0 Å². The van der Waals surface area contributed by atoms with Crippen LogP contribution in [-0.4, -0.2) is 89.0 Å². The first-order valence-corrected chi connectivity index (χ1v) is 10.5. The number of nitrogens with zero attached hydrogens (tertiary/aromatic N) is 3. The van der Waals surface area contributed by atoms with Crippen molar-refractivity contribution >= 4 is 16.8 Å². The normalized spacial score (nSPS) is 25.1. The highest BCUT2D eigenvalue weighted by Crippen LogP contribution is 2.17. The summed E-state index contributed by atoms with van der Waals surface area (Å²) in [4.78, 5) is 9.62. The number of aliphatic imine (C=N–C) groups is 1. The zero-order chi connectivity index (χ0) is 17.6. The van der Waals surface area contributed by atoms with Gasteiger partial charge >= 0.3 is 0 Å². The molecule has 2 unspecified atom stereocenters. The van der Waals surface area contributed by atoms with E-state index in [0.717, 1.165) is 51.9 Å². The van der Waals surface area contributed by atoms with Gasteiger partial charge in [0.05, 0.1) is 19.8 Å². The molecule has 2 aliphatic heterocycles. The van der Waals surface area contributed by atoms with Gasteiger partial charge in [0.25, 0.3) is 0 Å². The molecule has 0 amide bonds. The van der Waals surface area contributed by atoms with Crippen molar-refractivity contribution < 1.29 is 8.95 Å². The van der Waals surface area contributed by atoms with Crippen molar-refractivity contribution in [2.75, 3.05) is 58.2 Å². The smallest absolute Gasteiger partial charge is 0.193 e. The highest BCUT2D eigenvalue weighted by Gasteiger charge is 2.30. The van der Waals surface area contributed by atoms with Crippen LogP contribution in [0.4, 0.5) is 0 Å². The predicted octanol–water partition coefficient (Wildman–Crippen LogP) is 0.906. The minimum Gasteiger partial charge on any atom is -0.379 e. The van der Waals surface area contributed by atoms with E-state index in [1.54, 1.807) is 0 Å². The molecule has 140 valence electrons. The van der Waals surface area contributed by atoms with Crippen LogP contribution < -0.4 is 5.32 Å². The summed E-state index contributed by atoms with van der Waals surface area (Å²) < 4.78 is 17.5. The van der Waals surface area contributed by atoms with Gasteiger partial charge in [0.15, 0.2) is 5.96 Å². The van der Waals surface area contributed by atoms with Crippen LogP contribution in [0.25, 0.3) is 0 Å². The first kappa shape index (κ1) is 19.7. The van der Waals surface area contributed by atoms with E-state index < -0.39 is 10.8 Å². The fourth-order valence-electron chi connectivity index (χ4n) is 3.14. The quantitative estimate of drug-likeness (QED) is 0.585. The molecule has 7 heteroatoms. The SMILES string of the molecule is CCNC(=NCCS(=O)C(C)(C)C)N1CCC(N2CCOCC2)C1. The molecule has 1 N–H and O–H groups in total. The number of ether oxygens (including phenoxy) is 1. The summed E-state index contributed by atoms with van der Waals surface area (Å²) in [6.07, 6.45) is 1.18. The van der Waals surface area contributed by atoms with Crippen LogP contribution in [0.2, 0.25) is 0 Å². The van der Waals surface area contributed by atoms with Crippen LogP contribution in [0.3, 0.4) is 0 Å². The van der Waals surface area contributed by atoms with E-state index in [4.69, 9.17) is 9.73 Å². The average molecular weight is 359 g/mol. The van der Waals surface area contributed by atoms with Crippen molar-refractivity contribution in [2.45, 2.75) is 44.9 Å². The Labute approximate surface area is 149 Å². The maximum absolute atomic E-state index is 12.2. The molecule has 2 fully saturated rings. The second kappa shape index (κ2) is 9.15. The summed E-state index contributed by atoms with van der Waals surface area (Å²) in [5.74, 6) is 1.60. The molecule has 0 bridgehead atoms. The molecule has 2 rings (SSSR count). The van der Waals surface area contributed by atoms with Gasteiger partial charge in [0, 0.05) is 60.1 Å². The van der Waals surface area contributed by atoms with Gasteiger partial charge in [-0.2, -0.15) is 0 Å². The number of hydrogen-bond acceptors (Lipinski definition) is 4. The Morgan fingerprint density at radius 3 is 2.62 bits per heavy atom. The standard InChI is InChI=1S/C17H34N4O2S/c1-5-18-16(19-7-13-24(22)17(2,3)4)21-8-6-15(14-21)20-9-11-23-12-10-20/h15H,5-14H2,1-4H3,(H,18,19). The van der Waals surface area contributed by atoms with Crippen LogP contribution in [0.15, 0.2) is 4.99 Å². The predicted molar refractivity (Wildman–Crippen MR) is 101 cm³/mol.